The average molecular weight is 460 g/mol. The van der Waals surface area contributed by atoms with Crippen LogP contribution >= 0.6 is 24.0 Å². The topological polar surface area (TPSA) is 89.7 Å². The van der Waals surface area contributed by atoms with Crippen molar-refractivity contribution in [2.24, 2.45) is 15.2 Å². The van der Waals surface area contributed by atoms with Crippen LogP contribution in [-0.2, 0) is 0 Å². The second kappa shape index (κ2) is 9.99. The van der Waals surface area contributed by atoms with E-state index in [0.717, 1.165) is 23.0 Å². The van der Waals surface area contributed by atoms with Crippen molar-refractivity contribution in [3.8, 4) is 0 Å². The summed E-state index contributed by atoms with van der Waals surface area (Å²) in [6.07, 6.45) is 8.38. The fraction of sp³-hybridized carbons (Fsp3) is 0. The minimum Gasteiger partial charge on any atom is -0.507 e. The third-order valence-corrected chi connectivity index (χ3v) is 5.32. The largest absolute Gasteiger partial charge is 0.507 e. The Morgan fingerprint density at radius 2 is 1.72 bits per heavy atom. The van der Waals surface area contributed by atoms with Crippen molar-refractivity contribution < 1.29 is 9.90 Å². The third kappa shape index (κ3) is 5.26. The quantitative estimate of drug-likeness (QED) is 0.320. The van der Waals surface area contributed by atoms with E-state index in [2.05, 4.69) is 20.5 Å². The van der Waals surface area contributed by atoms with Crippen LogP contribution in [0, 0.1) is 0 Å². The van der Waals surface area contributed by atoms with Crippen molar-refractivity contribution in [3.63, 3.8) is 0 Å². The smallest absolute Gasteiger partial charge is 0.311 e. The Kier molecular flexibility index (Phi) is 6.69. The number of hydrogen-bond acceptors (Lipinski definition) is 6. The number of rotatable bonds is 3. The number of allylic oxidation sites excluding steroid dienone is 3. The number of amides is 1. The van der Waals surface area contributed by atoms with E-state index in [0.29, 0.717) is 16.3 Å². The van der Waals surface area contributed by atoms with Gasteiger partial charge in [0.05, 0.1) is 11.1 Å². The zero-order valence-corrected chi connectivity index (χ0v) is 18.3. The average Bonchev–Trinajstić information content (AvgIpc) is 3.20. The highest BCUT2D eigenvalue weighted by atomic mass is 32.2. The molecule has 4 rings (SSSR count). The van der Waals surface area contributed by atoms with Crippen LogP contribution in [0.4, 0.5) is 10.5 Å². The molecule has 0 spiro atoms. The maximum atomic E-state index is 11.9. The number of aliphatic imine (C=N–C) groups is 1. The van der Waals surface area contributed by atoms with Crippen LogP contribution in [-0.4, -0.2) is 26.2 Å². The van der Waals surface area contributed by atoms with Crippen LogP contribution in [0.2, 0.25) is 0 Å². The first kappa shape index (κ1) is 21.4. The van der Waals surface area contributed by atoms with E-state index in [9.17, 15) is 9.90 Å². The molecule has 0 radical (unpaired) electrons. The Morgan fingerprint density at radius 1 is 1.06 bits per heavy atom. The Bertz CT molecular complexity index is 1200. The summed E-state index contributed by atoms with van der Waals surface area (Å²) in [5, 5.41) is 21.2. The lowest BCUT2D eigenvalue weighted by molar-refractivity contribution is 0.267. The SMILES string of the molecule is O=C1N=C(N2C=CC(=C(O)c3ccccc3)C=C2)C(=CN=NC(=S)Nc2ccccc2)S1. The number of carbonyl (C=O) groups excluding carboxylic acids is 1. The standard InChI is InChI=1S/C23H17N5O2S2/c29-20(16-7-3-1-4-8-16)17-11-13-28(14-12-17)21-19(32-23(30)26-21)15-24-27-22(31)25-18-9-5-2-6-10-18/h1-15,29H,(H,25,31). The number of benzene rings is 2. The molecule has 0 fully saturated rings. The van der Waals surface area contributed by atoms with E-state index in [1.807, 2.05) is 60.7 Å². The highest BCUT2D eigenvalue weighted by molar-refractivity contribution is 8.18. The molecule has 0 bridgehead atoms. The lowest BCUT2D eigenvalue weighted by Gasteiger charge is -2.19. The van der Waals surface area contributed by atoms with Gasteiger partial charge in [-0.05, 0) is 48.3 Å². The molecule has 1 amide bonds. The molecular weight excluding hydrogens is 442 g/mol. The van der Waals surface area contributed by atoms with E-state index in [4.69, 9.17) is 12.2 Å². The van der Waals surface area contributed by atoms with Crippen molar-refractivity contribution in [3.05, 3.63) is 107 Å². The number of anilines is 1. The molecule has 0 saturated carbocycles. The molecule has 0 unspecified atom stereocenters. The Labute approximate surface area is 194 Å². The number of aliphatic hydroxyl groups excluding tert-OH is 1. The van der Waals surface area contributed by atoms with Gasteiger partial charge in [0.25, 0.3) is 0 Å². The van der Waals surface area contributed by atoms with Crippen molar-refractivity contribution in [2.75, 3.05) is 5.32 Å². The van der Waals surface area contributed by atoms with E-state index < -0.39 is 0 Å². The fourth-order valence-corrected chi connectivity index (χ4v) is 3.69. The van der Waals surface area contributed by atoms with Gasteiger partial charge in [0.15, 0.2) is 5.84 Å². The van der Waals surface area contributed by atoms with Crippen LogP contribution in [0.15, 0.2) is 117 Å². The van der Waals surface area contributed by atoms with Crippen LogP contribution in [0.3, 0.4) is 0 Å². The molecule has 32 heavy (non-hydrogen) atoms. The van der Waals surface area contributed by atoms with Crippen molar-refractivity contribution in [1.82, 2.24) is 4.90 Å². The van der Waals surface area contributed by atoms with Gasteiger partial charge in [-0.1, -0.05) is 48.5 Å². The normalized spacial score (nSPS) is 16.7. The molecule has 2 N–H and O–H groups in total. The van der Waals surface area contributed by atoms with Crippen LogP contribution in [0.5, 0.6) is 0 Å². The Balaban J connectivity index is 1.45. The number of carbonyl (C=O) groups is 1. The summed E-state index contributed by atoms with van der Waals surface area (Å²) in [7, 11) is 0. The van der Waals surface area contributed by atoms with Gasteiger partial charge in [0, 0.05) is 29.2 Å². The predicted molar refractivity (Wildman–Crippen MR) is 132 cm³/mol. The summed E-state index contributed by atoms with van der Waals surface area (Å²) < 4.78 is 0. The highest BCUT2D eigenvalue weighted by Crippen LogP contribution is 2.31. The molecule has 2 aliphatic rings. The minimum absolute atomic E-state index is 0.167. The number of thioether (sulfide) groups is 1. The number of thiocarbonyl (C=S) groups is 1. The van der Waals surface area contributed by atoms with Gasteiger partial charge in [-0.25, -0.2) is 0 Å². The minimum atomic E-state index is -0.346. The van der Waals surface area contributed by atoms with E-state index in [1.165, 1.54) is 6.20 Å². The van der Waals surface area contributed by atoms with Crippen LogP contribution < -0.4 is 5.32 Å². The van der Waals surface area contributed by atoms with Crippen LogP contribution in [0.25, 0.3) is 5.76 Å². The molecule has 7 nitrogen and oxygen atoms in total. The second-order valence-electron chi connectivity index (χ2n) is 6.52. The number of hydrogen-bond donors (Lipinski definition) is 2. The van der Waals surface area contributed by atoms with Gasteiger partial charge < -0.3 is 15.3 Å². The molecular formula is C23H17N5O2S2. The lowest BCUT2D eigenvalue weighted by atomic mass is 10.1. The van der Waals surface area contributed by atoms with Crippen LogP contribution in [0.1, 0.15) is 5.56 Å². The maximum Gasteiger partial charge on any atom is 0.311 e. The number of azo groups is 1. The first-order valence-electron chi connectivity index (χ1n) is 9.51. The van der Waals surface area contributed by atoms with Crippen molar-refractivity contribution in [1.29, 1.82) is 0 Å². The summed E-state index contributed by atoms with van der Waals surface area (Å²) in [5.41, 5.74) is 2.17. The second-order valence-corrected chi connectivity index (χ2v) is 7.90. The molecule has 9 heteroatoms. The number of nitrogens with one attached hydrogen (secondary N) is 1. The monoisotopic (exact) mass is 459 g/mol. The van der Waals surface area contributed by atoms with Gasteiger partial charge in [-0.3, -0.25) is 4.79 Å². The first-order valence-corrected chi connectivity index (χ1v) is 10.7. The van der Waals surface area contributed by atoms with E-state index >= 15 is 0 Å². The molecule has 0 saturated heterocycles. The van der Waals surface area contributed by atoms with E-state index in [1.54, 1.807) is 29.5 Å². The molecule has 2 aromatic carbocycles. The number of amidine groups is 1. The zero-order valence-electron chi connectivity index (χ0n) is 16.6. The summed E-state index contributed by atoms with van der Waals surface area (Å²) in [6, 6.07) is 18.7. The first-order chi connectivity index (χ1) is 15.6. The summed E-state index contributed by atoms with van der Waals surface area (Å²) in [6.45, 7) is 0. The molecule has 158 valence electrons. The Hall–Kier alpha value is -3.82. The van der Waals surface area contributed by atoms with Gasteiger partial charge in [0.1, 0.15) is 5.76 Å². The summed E-state index contributed by atoms with van der Waals surface area (Å²) in [4.78, 5) is 18.2. The predicted octanol–water partition coefficient (Wildman–Crippen LogP) is 6.25. The maximum absolute atomic E-state index is 11.9. The highest BCUT2D eigenvalue weighted by Gasteiger charge is 2.25. The zero-order chi connectivity index (χ0) is 22.3. The molecule has 0 aromatic heterocycles. The van der Waals surface area contributed by atoms with Gasteiger partial charge in [0.2, 0.25) is 5.11 Å². The number of para-hydroxylation sites is 1. The fourth-order valence-electron chi connectivity index (χ4n) is 2.87. The molecule has 0 aliphatic carbocycles. The molecule has 2 aliphatic heterocycles. The lowest BCUT2D eigenvalue weighted by Crippen LogP contribution is -2.20. The third-order valence-electron chi connectivity index (χ3n) is 4.36. The number of aliphatic hydroxyl groups is 1. The summed E-state index contributed by atoms with van der Waals surface area (Å²) >= 11 is 6.12. The Morgan fingerprint density at radius 3 is 2.41 bits per heavy atom. The number of nitrogens with zero attached hydrogens (tertiary/aromatic N) is 4. The molecule has 2 aromatic rings. The van der Waals surface area contributed by atoms with Gasteiger partial charge in [-0.15, -0.1) is 5.11 Å². The van der Waals surface area contributed by atoms with Crippen molar-refractivity contribution in [2.45, 2.75) is 0 Å². The molecule has 0 atom stereocenters. The van der Waals surface area contributed by atoms with Crippen molar-refractivity contribution >= 4 is 51.6 Å². The summed E-state index contributed by atoms with van der Waals surface area (Å²) in [5.74, 6) is 0.590. The van der Waals surface area contributed by atoms with Gasteiger partial charge >= 0.3 is 5.24 Å². The molecule has 2 heterocycles. The van der Waals surface area contributed by atoms with E-state index in [-0.39, 0.29) is 16.1 Å². The van der Waals surface area contributed by atoms with Gasteiger partial charge in [-0.2, -0.15) is 10.1 Å².